The molecule has 0 amide bonds. The Hall–Kier alpha value is -0.330. The SMILES string of the molecule is OCC1CCCC1CNCCOC(F)(F)F. The van der Waals surface area contributed by atoms with Gasteiger partial charge in [-0.3, -0.25) is 4.74 Å². The second-order valence-corrected chi connectivity index (χ2v) is 4.13. The van der Waals surface area contributed by atoms with Gasteiger partial charge in [0.25, 0.3) is 0 Å². The predicted molar refractivity (Wildman–Crippen MR) is 52.8 cm³/mol. The number of hydrogen-bond acceptors (Lipinski definition) is 3. The highest BCUT2D eigenvalue weighted by molar-refractivity contribution is 4.78. The van der Waals surface area contributed by atoms with Gasteiger partial charge in [-0.15, -0.1) is 13.2 Å². The molecule has 0 aromatic rings. The standard InChI is InChI=1S/C10H18F3NO2/c11-10(12,13)16-5-4-14-6-8-2-1-3-9(8)7-15/h8-9,14-15H,1-7H2. The van der Waals surface area contributed by atoms with Crippen LogP contribution in [0.25, 0.3) is 0 Å². The van der Waals surface area contributed by atoms with E-state index in [-0.39, 0.29) is 19.8 Å². The number of hydrogen-bond donors (Lipinski definition) is 2. The molecule has 6 heteroatoms. The van der Waals surface area contributed by atoms with Crippen molar-refractivity contribution in [3.8, 4) is 0 Å². The van der Waals surface area contributed by atoms with Crippen molar-refractivity contribution < 1.29 is 23.0 Å². The molecule has 0 aliphatic heterocycles. The summed E-state index contributed by atoms with van der Waals surface area (Å²) in [6, 6.07) is 0. The van der Waals surface area contributed by atoms with Crippen molar-refractivity contribution in [1.29, 1.82) is 0 Å². The van der Waals surface area contributed by atoms with Crippen molar-refractivity contribution in [1.82, 2.24) is 5.32 Å². The highest BCUT2D eigenvalue weighted by atomic mass is 19.4. The summed E-state index contributed by atoms with van der Waals surface area (Å²) in [5.41, 5.74) is 0. The van der Waals surface area contributed by atoms with E-state index in [0.29, 0.717) is 18.4 Å². The van der Waals surface area contributed by atoms with E-state index in [2.05, 4.69) is 10.1 Å². The number of ether oxygens (including phenoxy) is 1. The monoisotopic (exact) mass is 241 g/mol. The van der Waals surface area contributed by atoms with Gasteiger partial charge < -0.3 is 10.4 Å². The normalized spacial score (nSPS) is 26.2. The molecule has 1 rings (SSSR count). The topological polar surface area (TPSA) is 41.5 Å². The summed E-state index contributed by atoms with van der Waals surface area (Å²) in [5.74, 6) is 0.687. The quantitative estimate of drug-likeness (QED) is 0.693. The minimum absolute atomic E-state index is 0.172. The largest absolute Gasteiger partial charge is 0.522 e. The van der Waals surface area contributed by atoms with Crippen LogP contribution in [-0.4, -0.2) is 37.8 Å². The van der Waals surface area contributed by atoms with Crippen LogP contribution in [-0.2, 0) is 4.74 Å². The zero-order valence-electron chi connectivity index (χ0n) is 9.09. The Morgan fingerprint density at radius 1 is 1.25 bits per heavy atom. The number of alkyl halides is 3. The number of rotatable bonds is 6. The third kappa shape index (κ3) is 5.14. The maximum Gasteiger partial charge on any atom is 0.522 e. The molecule has 0 aromatic heterocycles. The first-order chi connectivity index (χ1) is 7.53. The van der Waals surface area contributed by atoms with Gasteiger partial charge in [-0.25, -0.2) is 0 Å². The molecule has 0 saturated heterocycles. The minimum Gasteiger partial charge on any atom is -0.396 e. The smallest absolute Gasteiger partial charge is 0.396 e. The van der Waals surface area contributed by atoms with Crippen LogP contribution in [0.15, 0.2) is 0 Å². The predicted octanol–water partition coefficient (Wildman–Crippen LogP) is 1.52. The minimum atomic E-state index is -4.54. The second-order valence-electron chi connectivity index (χ2n) is 4.13. The van der Waals surface area contributed by atoms with Crippen molar-refractivity contribution in [3.63, 3.8) is 0 Å². The van der Waals surface area contributed by atoms with Crippen molar-refractivity contribution in [3.05, 3.63) is 0 Å². The fraction of sp³-hybridized carbons (Fsp3) is 1.00. The van der Waals surface area contributed by atoms with E-state index >= 15 is 0 Å². The maximum atomic E-state index is 11.6. The summed E-state index contributed by atoms with van der Waals surface area (Å²) in [7, 11) is 0. The Labute approximate surface area is 93.0 Å². The Bertz CT molecular complexity index is 199. The van der Waals surface area contributed by atoms with Crippen LogP contribution in [0.3, 0.4) is 0 Å². The molecule has 0 heterocycles. The molecule has 0 spiro atoms. The van der Waals surface area contributed by atoms with Gasteiger partial charge in [0, 0.05) is 13.2 Å². The van der Waals surface area contributed by atoms with E-state index in [1.54, 1.807) is 0 Å². The number of nitrogens with one attached hydrogen (secondary N) is 1. The van der Waals surface area contributed by atoms with Gasteiger partial charge in [-0.1, -0.05) is 6.42 Å². The average molecular weight is 241 g/mol. The number of halogens is 3. The molecule has 3 nitrogen and oxygen atoms in total. The van der Waals surface area contributed by atoms with Crippen LogP contribution >= 0.6 is 0 Å². The molecule has 96 valence electrons. The molecule has 0 aromatic carbocycles. The summed E-state index contributed by atoms with van der Waals surface area (Å²) >= 11 is 0. The molecule has 1 saturated carbocycles. The van der Waals surface area contributed by atoms with Crippen molar-refractivity contribution >= 4 is 0 Å². The van der Waals surface area contributed by atoms with E-state index in [1.165, 1.54) is 0 Å². The van der Waals surface area contributed by atoms with Crippen molar-refractivity contribution in [2.24, 2.45) is 11.8 Å². The first kappa shape index (κ1) is 13.7. The van der Waals surface area contributed by atoms with Gasteiger partial charge in [0.15, 0.2) is 0 Å². The molecule has 0 radical (unpaired) electrons. The molecule has 1 aliphatic carbocycles. The first-order valence-electron chi connectivity index (χ1n) is 5.55. The molecule has 16 heavy (non-hydrogen) atoms. The Morgan fingerprint density at radius 3 is 2.56 bits per heavy atom. The van der Waals surface area contributed by atoms with Crippen LogP contribution in [0.5, 0.6) is 0 Å². The molecule has 2 unspecified atom stereocenters. The molecule has 1 fully saturated rings. The van der Waals surface area contributed by atoms with Crippen LogP contribution in [0.1, 0.15) is 19.3 Å². The van der Waals surface area contributed by atoms with E-state index in [9.17, 15) is 13.2 Å². The highest BCUT2D eigenvalue weighted by Gasteiger charge is 2.29. The number of aliphatic hydroxyl groups is 1. The lowest BCUT2D eigenvalue weighted by atomic mass is 9.97. The van der Waals surface area contributed by atoms with Crippen LogP contribution in [0.2, 0.25) is 0 Å². The zero-order chi connectivity index (χ0) is 12.0. The third-order valence-electron chi connectivity index (χ3n) is 3.00. The molecule has 2 atom stereocenters. The van der Waals surface area contributed by atoms with E-state index in [0.717, 1.165) is 19.3 Å². The summed E-state index contributed by atoms with van der Waals surface area (Å²) < 4.78 is 38.5. The van der Waals surface area contributed by atoms with Crippen molar-refractivity contribution in [2.45, 2.75) is 25.6 Å². The van der Waals surface area contributed by atoms with Gasteiger partial charge in [0.2, 0.25) is 0 Å². The maximum absolute atomic E-state index is 11.6. The lowest BCUT2D eigenvalue weighted by Gasteiger charge is -2.17. The average Bonchev–Trinajstić information content (AvgIpc) is 2.63. The molecular weight excluding hydrogens is 223 g/mol. The fourth-order valence-corrected chi connectivity index (χ4v) is 2.15. The fourth-order valence-electron chi connectivity index (χ4n) is 2.15. The summed E-state index contributed by atoms with van der Waals surface area (Å²) in [5, 5.41) is 12.0. The first-order valence-corrected chi connectivity index (χ1v) is 5.55. The highest BCUT2D eigenvalue weighted by Crippen LogP contribution is 2.30. The Balaban J connectivity index is 2.03. The molecule has 2 N–H and O–H groups in total. The molecular formula is C10H18F3NO2. The van der Waals surface area contributed by atoms with Gasteiger partial charge >= 0.3 is 6.36 Å². The van der Waals surface area contributed by atoms with Crippen LogP contribution < -0.4 is 5.32 Å². The van der Waals surface area contributed by atoms with E-state index in [4.69, 9.17) is 5.11 Å². The molecule has 1 aliphatic rings. The van der Waals surface area contributed by atoms with Gasteiger partial charge in [-0.2, -0.15) is 0 Å². The number of aliphatic hydroxyl groups excluding tert-OH is 1. The van der Waals surface area contributed by atoms with Gasteiger partial charge in [0.05, 0.1) is 6.61 Å². The van der Waals surface area contributed by atoms with E-state index < -0.39 is 6.36 Å². The van der Waals surface area contributed by atoms with Crippen molar-refractivity contribution in [2.75, 3.05) is 26.3 Å². The van der Waals surface area contributed by atoms with Crippen LogP contribution in [0, 0.1) is 11.8 Å². The Morgan fingerprint density at radius 2 is 1.94 bits per heavy atom. The summed E-state index contributed by atoms with van der Waals surface area (Å²) in [6.07, 6.45) is -1.39. The lowest BCUT2D eigenvalue weighted by molar-refractivity contribution is -0.323. The lowest BCUT2D eigenvalue weighted by Crippen LogP contribution is -2.30. The van der Waals surface area contributed by atoms with E-state index in [1.807, 2.05) is 0 Å². The summed E-state index contributed by atoms with van der Waals surface area (Å²) in [6.45, 7) is 0.659. The molecule has 0 bridgehead atoms. The summed E-state index contributed by atoms with van der Waals surface area (Å²) in [4.78, 5) is 0. The second kappa shape index (κ2) is 6.42. The zero-order valence-corrected chi connectivity index (χ0v) is 9.09. The third-order valence-corrected chi connectivity index (χ3v) is 3.00. The van der Waals surface area contributed by atoms with Gasteiger partial charge in [0.1, 0.15) is 0 Å². The van der Waals surface area contributed by atoms with Crippen LogP contribution in [0.4, 0.5) is 13.2 Å². The van der Waals surface area contributed by atoms with Gasteiger partial charge in [-0.05, 0) is 31.2 Å². The Kier molecular flexibility index (Phi) is 5.51.